The molecule has 0 saturated carbocycles. The molecule has 0 aliphatic heterocycles. The minimum absolute atomic E-state index is 0.224. The lowest BCUT2D eigenvalue weighted by atomic mass is 10.0. The van der Waals surface area contributed by atoms with Gasteiger partial charge in [-0.1, -0.05) is 18.2 Å². The van der Waals surface area contributed by atoms with Crippen molar-refractivity contribution in [3.8, 4) is 11.4 Å². The molecule has 0 aliphatic rings. The second-order valence-electron chi connectivity index (χ2n) is 6.13. The molecule has 1 amide bonds. The molecule has 2 aromatic carbocycles. The Bertz CT molecular complexity index is 937. The first-order valence-corrected chi connectivity index (χ1v) is 8.92. The molecule has 0 aliphatic carbocycles. The number of rotatable bonds is 8. The van der Waals surface area contributed by atoms with Crippen LogP contribution in [0.25, 0.3) is 5.69 Å². The number of hydrogen-bond acceptors (Lipinski definition) is 4. The molecule has 1 atom stereocenters. The molecule has 7 nitrogen and oxygen atoms in total. The Balaban J connectivity index is 1.79. The molecule has 1 aromatic heterocycles. The second-order valence-corrected chi connectivity index (χ2v) is 6.13. The van der Waals surface area contributed by atoms with Crippen LogP contribution in [0.2, 0.25) is 0 Å². The third-order valence-corrected chi connectivity index (χ3v) is 4.15. The third kappa shape index (κ3) is 4.76. The summed E-state index contributed by atoms with van der Waals surface area (Å²) in [4.78, 5) is 24.0. The van der Waals surface area contributed by atoms with Crippen LogP contribution >= 0.6 is 0 Å². The van der Waals surface area contributed by atoms with Crippen LogP contribution in [-0.2, 0) is 4.79 Å². The molecule has 0 fully saturated rings. The maximum absolute atomic E-state index is 12.7. The largest absolute Gasteiger partial charge is 0.494 e. The molecule has 0 saturated heterocycles. The zero-order valence-electron chi connectivity index (χ0n) is 15.4. The lowest BCUT2D eigenvalue weighted by Crippen LogP contribution is -2.30. The van der Waals surface area contributed by atoms with Crippen molar-refractivity contribution in [3.63, 3.8) is 0 Å². The SMILES string of the molecule is CCOc1ccc([C@H](CC(=O)O)NC(=O)c2cccc(-n3cccn3)c2)cc1. The average molecular weight is 379 g/mol. The van der Waals surface area contributed by atoms with Crippen molar-refractivity contribution >= 4 is 11.9 Å². The molecule has 3 aromatic rings. The highest BCUT2D eigenvalue weighted by atomic mass is 16.5. The van der Waals surface area contributed by atoms with E-state index in [1.54, 1.807) is 65.6 Å². The van der Waals surface area contributed by atoms with Gasteiger partial charge in [0.25, 0.3) is 5.91 Å². The average Bonchev–Trinajstić information content (AvgIpc) is 3.23. The van der Waals surface area contributed by atoms with E-state index in [0.29, 0.717) is 23.5 Å². The lowest BCUT2D eigenvalue weighted by Gasteiger charge is -2.18. The van der Waals surface area contributed by atoms with Gasteiger partial charge < -0.3 is 15.2 Å². The molecular formula is C21H21N3O4. The Morgan fingerprint density at radius 1 is 1.18 bits per heavy atom. The summed E-state index contributed by atoms with van der Waals surface area (Å²) in [6.45, 7) is 2.43. The number of hydrogen-bond donors (Lipinski definition) is 2. The van der Waals surface area contributed by atoms with Gasteiger partial charge in [0.1, 0.15) is 5.75 Å². The highest BCUT2D eigenvalue weighted by molar-refractivity contribution is 5.95. The molecule has 28 heavy (non-hydrogen) atoms. The summed E-state index contributed by atoms with van der Waals surface area (Å²) < 4.78 is 7.06. The number of aromatic nitrogens is 2. The number of carbonyl (C=O) groups is 2. The van der Waals surface area contributed by atoms with Crippen molar-refractivity contribution in [1.29, 1.82) is 0 Å². The normalized spacial score (nSPS) is 11.6. The first kappa shape index (κ1) is 19.2. The highest BCUT2D eigenvalue weighted by Gasteiger charge is 2.19. The Kier molecular flexibility index (Phi) is 6.06. The number of carboxylic acids is 1. The number of carbonyl (C=O) groups excluding carboxylic acids is 1. The van der Waals surface area contributed by atoms with Crippen LogP contribution < -0.4 is 10.1 Å². The van der Waals surface area contributed by atoms with Crippen LogP contribution in [0.15, 0.2) is 67.0 Å². The number of amides is 1. The van der Waals surface area contributed by atoms with Crippen molar-refractivity contribution in [2.45, 2.75) is 19.4 Å². The minimum Gasteiger partial charge on any atom is -0.494 e. The number of nitrogens with one attached hydrogen (secondary N) is 1. The van der Waals surface area contributed by atoms with E-state index in [2.05, 4.69) is 10.4 Å². The summed E-state index contributed by atoms with van der Waals surface area (Å²) in [5.41, 5.74) is 1.87. The van der Waals surface area contributed by atoms with Crippen LogP contribution in [0.1, 0.15) is 35.3 Å². The van der Waals surface area contributed by atoms with E-state index in [-0.39, 0.29) is 12.3 Å². The monoisotopic (exact) mass is 379 g/mol. The molecule has 0 bridgehead atoms. The molecule has 0 unspecified atom stereocenters. The first-order valence-electron chi connectivity index (χ1n) is 8.92. The molecule has 0 radical (unpaired) electrons. The number of benzene rings is 2. The Morgan fingerprint density at radius 3 is 2.61 bits per heavy atom. The first-order chi connectivity index (χ1) is 13.6. The second kappa shape index (κ2) is 8.85. The highest BCUT2D eigenvalue weighted by Crippen LogP contribution is 2.21. The van der Waals surface area contributed by atoms with Crippen molar-refractivity contribution < 1.29 is 19.4 Å². The van der Waals surface area contributed by atoms with E-state index in [4.69, 9.17) is 4.74 Å². The van der Waals surface area contributed by atoms with Gasteiger partial charge in [-0.25, -0.2) is 4.68 Å². The topological polar surface area (TPSA) is 93.5 Å². The van der Waals surface area contributed by atoms with Gasteiger partial charge in [-0.05, 0) is 48.9 Å². The quantitative estimate of drug-likeness (QED) is 0.627. The summed E-state index contributed by atoms with van der Waals surface area (Å²) in [5, 5.41) is 16.2. The molecule has 144 valence electrons. The van der Waals surface area contributed by atoms with Crippen molar-refractivity contribution in [2.24, 2.45) is 0 Å². The van der Waals surface area contributed by atoms with Crippen molar-refractivity contribution in [1.82, 2.24) is 15.1 Å². The molecule has 0 spiro atoms. The maximum Gasteiger partial charge on any atom is 0.305 e. The van der Waals surface area contributed by atoms with Gasteiger partial charge in [-0.3, -0.25) is 9.59 Å². The van der Waals surface area contributed by atoms with E-state index in [1.165, 1.54) is 0 Å². The third-order valence-electron chi connectivity index (χ3n) is 4.15. The molecule has 2 N–H and O–H groups in total. The van der Waals surface area contributed by atoms with E-state index in [9.17, 15) is 14.7 Å². The van der Waals surface area contributed by atoms with E-state index >= 15 is 0 Å². The fraction of sp³-hybridized carbons (Fsp3) is 0.190. The van der Waals surface area contributed by atoms with Gasteiger partial charge in [0.15, 0.2) is 0 Å². The van der Waals surface area contributed by atoms with E-state index < -0.39 is 12.0 Å². The predicted molar refractivity (Wildman–Crippen MR) is 104 cm³/mol. The van der Waals surface area contributed by atoms with Crippen molar-refractivity contribution in [3.05, 3.63) is 78.1 Å². The summed E-state index contributed by atoms with van der Waals surface area (Å²) in [6, 6.07) is 15.2. The maximum atomic E-state index is 12.7. The smallest absolute Gasteiger partial charge is 0.305 e. The summed E-state index contributed by atoms with van der Waals surface area (Å²) >= 11 is 0. The molecule has 1 heterocycles. The van der Waals surface area contributed by atoms with Gasteiger partial charge >= 0.3 is 5.97 Å². The van der Waals surface area contributed by atoms with Gasteiger partial charge in [0.05, 0.1) is 24.8 Å². The number of carboxylic acid groups (broad SMARTS) is 1. The van der Waals surface area contributed by atoms with E-state index in [1.807, 2.05) is 13.0 Å². The summed E-state index contributed by atoms with van der Waals surface area (Å²) in [6.07, 6.45) is 3.21. The Labute approximate surface area is 162 Å². The van der Waals surface area contributed by atoms with Crippen LogP contribution in [-0.4, -0.2) is 33.4 Å². The fourth-order valence-electron chi connectivity index (χ4n) is 2.84. The van der Waals surface area contributed by atoms with Gasteiger partial charge in [-0.15, -0.1) is 0 Å². The van der Waals surface area contributed by atoms with Crippen molar-refractivity contribution in [2.75, 3.05) is 6.61 Å². The van der Waals surface area contributed by atoms with Gasteiger partial charge in [0, 0.05) is 18.0 Å². The fourth-order valence-corrected chi connectivity index (χ4v) is 2.84. The Hall–Kier alpha value is -3.61. The zero-order chi connectivity index (χ0) is 19.9. The van der Waals surface area contributed by atoms with Crippen LogP contribution in [0.3, 0.4) is 0 Å². The van der Waals surface area contributed by atoms with Crippen LogP contribution in [0, 0.1) is 0 Å². The van der Waals surface area contributed by atoms with E-state index in [0.717, 1.165) is 5.69 Å². The minimum atomic E-state index is -0.996. The number of aliphatic carboxylic acids is 1. The molecule has 3 rings (SSSR count). The van der Waals surface area contributed by atoms with Gasteiger partial charge in [0.2, 0.25) is 0 Å². The molecule has 7 heteroatoms. The Morgan fingerprint density at radius 2 is 1.96 bits per heavy atom. The van der Waals surface area contributed by atoms with Gasteiger partial charge in [-0.2, -0.15) is 5.10 Å². The van der Waals surface area contributed by atoms with Crippen LogP contribution in [0.4, 0.5) is 0 Å². The standard InChI is InChI=1S/C21H21N3O4/c1-2-28-18-9-7-15(8-10-18)19(14-20(25)26)23-21(27)16-5-3-6-17(13-16)24-12-4-11-22-24/h3-13,19H,2,14H2,1H3,(H,23,27)(H,25,26)/t19-/m0/s1. The lowest BCUT2D eigenvalue weighted by molar-refractivity contribution is -0.137. The predicted octanol–water partition coefficient (Wildman–Crippen LogP) is 3.22. The number of ether oxygens (including phenoxy) is 1. The summed E-state index contributed by atoms with van der Waals surface area (Å²) in [5.74, 6) is -0.655. The number of nitrogens with zero attached hydrogens (tertiary/aromatic N) is 2. The summed E-state index contributed by atoms with van der Waals surface area (Å²) in [7, 11) is 0. The zero-order valence-corrected chi connectivity index (χ0v) is 15.4. The van der Waals surface area contributed by atoms with Crippen LogP contribution in [0.5, 0.6) is 5.75 Å². The molecular weight excluding hydrogens is 358 g/mol.